The SMILES string of the molecule is CCc1cccnc1CNc1ncc(N)cc1C. The Labute approximate surface area is 107 Å². The summed E-state index contributed by atoms with van der Waals surface area (Å²) in [5.41, 5.74) is 9.74. The lowest BCUT2D eigenvalue weighted by Gasteiger charge is -2.10. The molecule has 2 aromatic heterocycles. The zero-order chi connectivity index (χ0) is 13.0. The lowest BCUT2D eigenvalue weighted by Crippen LogP contribution is -2.07. The van der Waals surface area contributed by atoms with Crippen molar-refractivity contribution in [3.63, 3.8) is 0 Å². The number of hydrogen-bond donors (Lipinski definition) is 2. The number of aryl methyl sites for hydroxylation is 2. The van der Waals surface area contributed by atoms with E-state index >= 15 is 0 Å². The second-order valence-corrected chi connectivity index (χ2v) is 4.25. The van der Waals surface area contributed by atoms with Gasteiger partial charge in [-0.15, -0.1) is 0 Å². The summed E-state index contributed by atoms with van der Waals surface area (Å²) in [6.07, 6.45) is 4.47. The summed E-state index contributed by atoms with van der Waals surface area (Å²) in [6.45, 7) is 4.81. The number of anilines is 2. The molecule has 0 bridgehead atoms. The van der Waals surface area contributed by atoms with Gasteiger partial charge in [-0.2, -0.15) is 0 Å². The third kappa shape index (κ3) is 2.77. The topological polar surface area (TPSA) is 63.8 Å². The van der Waals surface area contributed by atoms with Crippen LogP contribution in [-0.2, 0) is 13.0 Å². The third-order valence-electron chi connectivity index (χ3n) is 2.89. The van der Waals surface area contributed by atoms with Crippen LogP contribution in [0.3, 0.4) is 0 Å². The first-order chi connectivity index (χ1) is 8.70. The molecule has 0 aliphatic rings. The number of nitrogens with zero attached hydrogens (tertiary/aromatic N) is 2. The third-order valence-corrected chi connectivity index (χ3v) is 2.89. The Morgan fingerprint density at radius 1 is 1.33 bits per heavy atom. The summed E-state index contributed by atoms with van der Waals surface area (Å²) in [5.74, 6) is 0.858. The molecule has 4 nitrogen and oxygen atoms in total. The van der Waals surface area contributed by atoms with E-state index in [0.29, 0.717) is 12.2 Å². The smallest absolute Gasteiger partial charge is 0.129 e. The number of pyridine rings is 2. The molecule has 2 aromatic rings. The molecule has 0 aromatic carbocycles. The van der Waals surface area contributed by atoms with Gasteiger partial charge < -0.3 is 11.1 Å². The number of nitrogen functional groups attached to an aromatic ring is 1. The molecule has 0 aliphatic carbocycles. The molecule has 18 heavy (non-hydrogen) atoms. The highest BCUT2D eigenvalue weighted by molar-refractivity contribution is 5.51. The summed E-state index contributed by atoms with van der Waals surface area (Å²) in [6, 6.07) is 5.98. The van der Waals surface area contributed by atoms with Gasteiger partial charge in [0.05, 0.1) is 24.1 Å². The summed E-state index contributed by atoms with van der Waals surface area (Å²) in [4.78, 5) is 8.68. The van der Waals surface area contributed by atoms with Crippen molar-refractivity contribution >= 4 is 11.5 Å². The zero-order valence-corrected chi connectivity index (χ0v) is 10.8. The Bertz CT molecular complexity index is 537. The van der Waals surface area contributed by atoms with E-state index in [0.717, 1.165) is 23.5 Å². The van der Waals surface area contributed by atoms with Gasteiger partial charge in [0.25, 0.3) is 0 Å². The van der Waals surface area contributed by atoms with Crippen LogP contribution in [0.15, 0.2) is 30.6 Å². The van der Waals surface area contributed by atoms with Gasteiger partial charge in [-0.3, -0.25) is 4.98 Å². The number of aromatic nitrogens is 2. The fraction of sp³-hybridized carbons (Fsp3) is 0.286. The van der Waals surface area contributed by atoms with Crippen LogP contribution in [0.25, 0.3) is 0 Å². The van der Waals surface area contributed by atoms with Gasteiger partial charge in [-0.25, -0.2) is 4.98 Å². The van der Waals surface area contributed by atoms with Gasteiger partial charge in [-0.1, -0.05) is 13.0 Å². The molecule has 0 atom stereocenters. The Balaban J connectivity index is 2.11. The molecule has 0 amide bonds. The van der Waals surface area contributed by atoms with Crippen molar-refractivity contribution in [2.75, 3.05) is 11.1 Å². The molecular weight excluding hydrogens is 224 g/mol. The molecule has 0 saturated heterocycles. The Hall–Kier alpha value is -2.10. The molecule has 0 spiro atoms. The maximum atomic E-state index is 5.68. The second-order valence-electron chi connectivity index (χ2n) is 4.25. The minimum atomic E-state index is 0.682. The van der Waals surface area contributed by atoms with Crippen LogP contribution in [0.5, 0.6) is 0 Å². The van der Waals surface area contributed by atoms with E-state index in [1.165, 1.54) is 5.56 Å². The highest BCUT2D eigenvalue weighted by atomic mass is 15.0. The summed E-state index contributed by atoms with van der Waals surface area (Å²) >= 11 is 0. The number of nitrogens with one attached hydrogen (secondary N) is 1. The van der Waals surface area contributed by atoms with Crippen molar-refractivity contribution < 1.29 is 0 Å². The quantitative estimate of drug-likeness (QED) is 0.864. The van der Waals surface area contributed by atoms with Crippen molar-refractivity contribution in [3.8, 4) is 0 Å². The van der Waals surface area contributed by atoms with E-state index in [1.54, 1.807) is 6.20 Å². The van der Waals surface area contributed by atoms with E-state index in [9.17, 15) is 0 Å². The van der Waals surface area contributed by atoms with Crippen LogP contribution in [0.4, 0.5) is 11.5 Å². The Kier molecular flexibility index (Phi) is 3.77. The Morgan fingerprint density at radius 3 is 2.89 bits per heavy atom. The van der Waals surface area contributed by atoms with Crippen LogP contribution in [-0.4, -0.2) is 9.97 Å². The molecule has 0 unspecified atom stereocenters. The first-order valence-electron chi connectivity index (χ1n) is 6.09. The average Bonchev–Trinajstić information content (AvgIpc) is 2.38. The van der Waals surface area contributed by atoms with Gasteiger partial charge in [0.15, 0.2) is 0 Å². The predicted octanol–water partition coefficient (Wildman–Crippen LogP) is 2.54. The second kappa shape index (κ2) is 5.49. The average molecular weight is 242 g/mol. The highest BCUT2D eigenvalue weighted by Crippen LogP contribution is 2.15. The molecule has 0 fully saturated rings. The molecule has 0 saturated carbocycles. The Morgan fingerprint density at radius 2 is 2.17 bits per heavy atom. The molecule has 2 heterocycles. The van der Waals surface area contributed by atoms with Crippen LogP contribution < -0.4 is 11.1 Å². The van der Waals surface area contributed by atoms with Gasteiger partial charge in [0, 0.05) is 6.20 Å². The van der Waals surface area contributed by atoms with Crippen molar-refractivity contribution in [1.82, 2.24) is 9.97 Å². The van der Waals surface area contributed by atoms with Crippen molar-refractivity contribution in [2.24, 2.45) is 0 Å². The highest BCUT2D eigenvalue weighted by Gasteiger charge is 2.04. The molecule has 0 aliphatic heterocycles. The van der Waals surface area contributed by atoms with Crippen LogP contribution in [0.1, 0.15) is 23.7 Å². The first-order valence-corrected chi connectivity index (χ1v) is 6.09. The lowest BCUT2D eigenvalue weighted by atomic mass is 10.1. The van der Waals surface area contributed by atoms with Gasteiger partial charge in [0.2, 0.25) is 0 Å². The monoisotopic (exact) mass is 242 g/mol. The van der Waals surface area contributed by atoms with Crippen LogP contribution in [0, 0.1) is 6.92 Å². The maximum Gasteiger partial charge on any atom is 0.129 e. The molecule has 0 radical (unpaired) electrons. The van der Waals surface area contributed by atoms with Crippen molar-refractivity contribution in [1.29, 1.82) is 0 Å². The van der Waals surface area contributed by atoms with Crippen molar-refractivity contribution in [3.05, 3.63) is 47.4 Å². The van der Waals surface area contributed by atoms with E-state index in [-0.39, 0.29) is 0 Å². The number of nitrogens with two attached hydrogens (primary N) is 1. The molecular formula is C14H18N4. The largest absolute Gasteiger partial charge is 0.397 e. The molecule has 2 rings (SSSR count). The predicted molar refractivity (Wildman–Crippen MR) is 74.3 cm³/mol. The lowest BCUT2D eigenvalue weighted by molar-refractivity contribution is 0.962. The van der Waals surface area contributed by atoms with Crippen molar-refractivity contribution in [2.45, 2.75) is 26.8 Å². The van der Waals surface area contributed by atoms with Crippen LogP contribution in [0.2, 0.25) is 0 Å². The minimum absolute atomic E-state index is 0.682. The fourth-order valence-corrected chi connectivity index (χ4v) is 1.90. The molecule has 4 heteroatoms. The van der Waals surface area contributed by atoms with E-state index in [4.69, 9.17) is 5.73 Å². The number of rotatable bonds is 4. The summed E-state index contributed by atoms with van der Waals surface area (Å²) in [5, 5.41) is 3.30. The maximum absolute atomic E-state index is 5.68. The van der Waals surface area contributed by atoms with E-state index in [2.05, 4.69) is 28.3 Å². The number of hydrogen-bond acceptors (Lipinski definition) is 4. The van der Waals surface area contributed by atoms with Gasteiger partial charge in [0.1, 0.15) is 5.82 Å². The van der Waals surface area contributed by atoms with E-state index in [1.807, 2.05) is 25.3 Å². The molecule has 3 N–H and O–H groups in total. The van der Waals surface area contributed by atoms with Gasteiger partial charge >= 0.3 is 0 Å². The zero-order valence-electron chi connectivity index (χ0n) is 10.8. The normalized spacial score (nSPS) is 10.3. The van der Waals surface area contributed by atoms with Gasteiger partial charge in [-0.05, 0) is 36.6 Å². The van der Waals surface area contributed by atoms with Crippen LogP contribution >= 0.6 is 0 Å². The summed E-state index contributed by atoms with van der Waals surface area (Å²) in [7, 11) is 0. The van der Waals surface area contributed by atoms with E-state index < -0.39 is 0 Å². The summed E-state index contributed by atoms with van der Waals surface area (Å²) < 4.78 is 0. The molecule has 94 valence electrons. The fourth-order valence-electron chi connectivity index (χ4n) is 1.90. The minimum Gasteiger partial charge on any atom is -0.397 e. The standard InChI is InChI=1S/C14H18N4/c1-3-11-5-4-6-16-13(11)9-18-14-10(2)7-12(15)8-17-14/h4-8H,3,9,15H2,1-2H3,(H,17,18). The first kappa shape index (κ1) is 12.4.